The third-order valence-corrected chi connectivity index (χ3v) is 4.13. The fraction of sp³-hybridized carbons (Fsp3) is 0.357. The van der Waals surface area contributed by atoms with Crippen molar-refractivity contribution in [2.75, 3.05) is 18.2 Å². The van der Waals surface area contributed by atoms with Gasteiger partial charge in [0.25, 0.3) is 0 Å². The molecule has 0 aromatic heterocycles. The summed E-state index contributed by atoms with van der Waals surface area (Å²) >= 11 is 0. The van der Waals surface area contributed by atoms with Gasteiger partial charge in [-0.2, -0.15) is 0 Å². The quantitative estimate of drug-likeness (QED) is 0.805. The minimum Gasteiger partial charge on any atom is -0.395 e. The molecule has 0 saturated carbocycles. The van der Waals surface area contributed by atoms with Crippen LogP contribution in [-0.2, 0) is 14.6 Å². The van der Waals surface area contributed by atoms with Crippen LogP contribution in [0.15, 0.2) is 24.3 Å². The fourth-order valence-corrected chi connectivity index (χ4v) is 1.74. The lowest BCUT2D eigenvalue weighted by Gasteiger charge is -2.10. The number of aliphatic hydroxyl groups excluding tert-OH is 1. The van der Waals surface area contributed by atoms with Crippen LogP contribution in [0.3, 0.4) is 0 Å². The second kappa shape index (κ2) is 7.08. The van der Waals surface area contributed by atoms with Crippen LogP contribution in [0.5, 0.6) is 0 Å². The van der Waals surface area contributed by atoms with Gasteiger partial charge in [-0.1, -0.05) is 11.8 Å². The summed E-state index contributed by atoms with van der Waals surface area (Å²) in [6, 6.07) is 6.72. The van der Waals surface area contributed by atoms with Gasteiger partial charge in [-0.3, -0.25) is 4.79 Å². The number of sulfone groups is 1. The third kappa shape index (κ3) is 5.03. The first-order chi connectivity index (χ1) is 9.34. The number of nitrogens with one attached hydrogen (secondary N) is 1. The average Bonchev–Trinajstić information content (AvgIpc) is 2.39. The van der Waals surface area contributed by atoms with Crippen molar-refractivity contribution in [2.24, 2.45) is 0 Å². The van der Waals surface area contributed by atoms with E-state index in [0.29, 0.717) is 12.1 Å². The van der Waals surface area contributed by atoms with Gasteiger partial charge in [0.05, 0.1) is 6.61 Å². The van der Waals surface area contributed by atoms with Crippen LogP contribution >= 0.6 is 0 Å². The lowest BCUT2D eigenvalue weighted by atomic mass is 10.2. The number of amides is 1. The molecule has 0 saturated heterocycles. The highest BCUT2D eigenvalue weighted by Gasteiger charge is 2.23. The molecule has 5 nitrogen and oxygen atoms in total. The minimum absolute atomic E-state index is 0.0184. The van der Waals surface area contributed by atoms with E-state index >= 15 is 0 Å². The molecule has 0 bridgehead atoms. The molecule has 1 aromatic rings. The molecule has 1 aromatic carbocycles. The summed E-state index contributed by atoms with van der Waals surface area (Å²) in [5, 5.41) is 10.1. The van der Waals surface area contributed by atoms with Crippen molar-refractivity contribution < 1.29 is 18.3 Å². The molecule has 1 rings (SSSR count). The predicted molar refractivity (Wildman–Crippen MR) is 78.0 cm³/mol. The summed E-state index contributed by atoms with van der Waals surface area (Å²) in [4.78, 5) is 11.7. The van der Waals surface area contributed by atoms with Gasteiger partial charge in [-0.05, 0) is 31.2 Å². The van der Waals surface area contributed by atoms with Crippen LogP contribution in [0.25, 0.3) is 0 Å². The van der Waals surface area contributed by atoms with Crippen LogP contribution < -0.4 is 5.32 Å². The third-order valence-electron chi connectivity index (χ3n) is 2.63. The molecular formula is C14H17NO4S. The van der Waals surface area contributed by atoms with Crippen molar-refractivity contribution in [3.05, 3.63) is 29.8 Å². The Hall–Kier alpha value is -1.84. The highest BCUT2D eigenvalue weighted by atomic mass is 32.2. The molecule has 0 radical (unpaired) electrons. The number of carbonyl (C=O) groups excluding carboxylic acids is 1. The van der Waals surface area contributed by atoms with E-state index in [9.17, 15) is 13.2 Å². The van der Waals surface area contributed by atoms with Crippen molar-refractivity contribution in [2.45, 2.75) is 18.6 Å². The molecule has 0 fully saturated rings. The van der Waals surface area contributed by atoms with Gasteiger partial charge in [-0.15, -0.1) is 0 Å². The number of rotatable bonds is 4. The normalized spacial score (nSPS) is 12.2. The number of hydrogen-bond acceptors (Lipinski definition) is 4. The topological polar surface area (TPSA) is 83.5 Å². The summed E-state index contributed by atoms with van der Waals surface area (Å²) in [5.41, 5.74) is 1.27. The molecule has 0 aliphatic carbocycles. The number of carbonyl (C=O) groups is 1. The SMILES string of the molecule is CC(C(=O)Nc1ccc(C#CCCO)cc1)S(C)(=O)=O. The van der Waals surface area contributed by atoms with Crippen LogP contribution in [0.1, 0.15) is 18.9 Å². The average molecular weight is 295 g/mol. The summed E-state index contributed by atoms with van der Waals surface area (Å²) in [7, 11) is -3.40. The molecule has 0 aliphatic rings. The Labute approximate surface area is 118 Å². The molecule has 1 atom stereocenters. The van der Waals surface area contributed by atoms with Crippen molar-refractivity contribution in [3.8, 4) is 11.8 Å². The van der Waals surface area contributed by atoms with Gasteiger partial charge < -0.3 is 10.4 Å². The van der Waals surface area contributed by atoms with Crippen molar-refractivity contribution >= 4 is 21.4 Å². The zero-order valence-corrected chi connectivity index (χ0v) is 12.2. The van der Waals surface area contributed by atoms with Crippen molar-refractivity contribution in [3.63, 3.8) is 0 Å². The molecule has 0 aliphatic heterocycles. The molecule has 0 heterocycles. The molecule has 1 amide bonds. The van der Waals surface area contributed by atoms with E-state index in [1.165, 1.54) is 6.92 Å². The highest BCUT2D eigenvalue weighted by Crippen LogP contribution is 2.10. The smallest absolute Gasteiger partial charge is 0.242 e. The first-order valence-electron chi connectivity index (χ1n) is 6.04. The Kier molecular flexibility index (Phi) is 5.74. The molecule has 108 valence electrons. The lowest BCUT2D eigenvalue weighted by Crippen LogP contribution is -2.31. The predicted octanol–water partition coefficient (Wildman–Crippen LogP) is 0.792. The molecule has 1 unspecified atom stereocenters. The lowest BCUT2D eigenvalue weighted by molar-refractivity contribution is -0.115. The maximum absolute atomic E-state index is 11.7. The Morgan fingerprint density at radius 1 is 1.35 bits per heavy atom. The first-order valence-corrected chi connectivity index (χ1v) is 7.99. The zero-order valence-electron chi connectivity index (χ0n) is 11.4. The number of hydrogen-bond donors (Lipinski definition) is 2. The van der Waals surface area contributed by atoms with Gasteiger partial charge in [0.1, 0.15) is 5.25 Å². The maximum atomic E-state index is 11.7. The van der Waals surface area contributed by atoms with Gasteiger partial charge in [0, 0.05) is 23.9 Å². The minimum atomic E-state index is -3.40. The number of benzene rings is 1. The Morgan fingerprint density at radius 2 is 1.95 bits per heavy atom. The summed E-state index contributed by atoms with van der Waals surface area (Å²) in [6.45, 7) is 1.37. The van der Waals surface area contributed by atoms with Crippen LogP contribution in [-0.4, -0.2) is 37.5 Å². The van der Waals surface area contributed by atoms with Crippen LogP contribution in [0, 0.1) is 11.8 Å². The first kappa shape index (κ1) is 16.2. The van der Waals surface area contributed by atoms with Crippen LogP contribution in [0.4, 0.5) is 5.69 Å². The number of aliphatic hydroxyl groups is 1. The van der Waals surface area contributed by atoms with Gasteiger partial charge >= 0.3 is 0 Å². The van der Waals surface area contributed by atoms with E-state index in [1.54, 1.807) is 24.3 Å². The highest BCUT2D eigenvalue weighted by molar-refractivity contribution is 7.92. The van der Waals surface area contributed by atoms with Crippen molar-refractivity contribution in [1.29, 1.82) is 0 Å². The zero-order chi connectivity index (χ0) is 15.2. The van der Waals surface area contributed by atoms with Crippen molar-refractivity contribution in [1.82, 2.24) is 0 Å². The fourth-order valence-electron chi connectivity index (χ4n) is 1.30. The van der Waals surface area contributed by atoms with Gasteiger partial charge in [0.2, 0.25) is 5.91 Å². The standard InChI is InChI=1S/C14H17NO4S/c1-11(20(2,18)19)14(17)15-13-8-6-12(7-9-13)5-3-4-10-16/h6-9,11,16H,4,10H2,1-2H3,(H,15,17). The summed E-state index contributed by atoms with van der Waals surface area (Å²) in [5.74, 6) is 5.07. The maximum Gasteiger partial charge on any atom is 0.242 e. The Balaban J connectivity index is 2.72. The van der Waals surface area contributed by atoms with E-state index in [0.717, 1.165) is 11.8 Å². The summed E-state index contributed by atoms with van der Waals surface area (Å²) < 4.78 is 22.5. The molecule has 0 spiro atoms. The molecule has 20 heavy (non-hydrogen) atoms. The second-order valence-corrected chi connectivity index (χ2v) is 6.68. The Bertz CT molecular complexity index is 623. The largest absolute Gasteiger partial charge is 0.395 e. The van der Waals surface area contributed by atoms with Gasteiger partial charge in [-0.25, -0.2) is 8.42 Å². The molecule has 6 heteroatoms. The molecule has 2 N–H and O–H groups in total. The van der Waals surface area contributed by atoms with Gasteiger partial charge in [0.15, 0.2) is 9.84 Å². The summed E-state index contributed by atoms with van der Waals surface area (Å²) in [6.07, 6.45) is 1.43. The monoisotopic (exact) mass is 295 g/mol. The second-order valence-electron chi connectivity index (χ2n) is 4.31. The van der Waals surface area contributed by atoms with E-state index < -0.39 is 21.0 Å². The number of anilines is 1. The van der Waals surface area contributed by atoms with E-state index in [4.69, 9.17) is 5.11 Å². The van der Waals surface area contributed by atoms with Crippen LogP contribution in [0.2, 0.25) is 0 Å². The van der Waals surface area contributed by atoms with E-state index in [1.807, 2.05) is 0 Å². The van der Waals surface area contributed by atoms with E-state index in [-0.39, 0.29) is 6.61 Å². The Morgan fingerprint density at radius 3 is 2.45 bits per heavy atom. The van der Waals surface area contributed by atoms with E-state index in [2.05, 4.69) is 17.2 Å². The molecular weight excluding hydrogens is 278 g/mol.